The molecular formula is C13H40. The molecular weight excluding hydrogens is 156 g/mol. The van der Waals surface area contributed by atoms with E-state index in [1.54, 1.807) is 0 Å². The van der Waals surface area contributed by atoms with Crippen LogP contribution in [0, 0.1) is 5.92 Å². The van der Waals surface area contributed by atoms with E-state index in [0.29, 0.717) is 0 Å². The molecule has 0 amide bonds. The quantitative estimate of drug-likeness (QED) is 0.474. The summed E-state index contributed by atoms with van der Waals surface area (Å²) < 4.78 is 0. The van der Waals surface area contributed by atoms with Crippen LogP contribution in [0.1, 0.15) is 84.6 Å². The van der Waals surface area contributed by atoms with Crippen molar-refractivity contribution in [3.05, 3.63) is 0 Å². The van der Waals surface area contributed by atoms with Crippen LogP contribution in [0.25, 0.3) is 0 Å². The molecule has 0 saturated heterocycles. The summed E-state index contributed by atoms with van der Waals surface area (Å²) in [5.74, 6) is 0.949. The van der Waals surface area contributed by atoms with Crippen LogP contribution in [0.15, 0.2) is 0 Å². The van der Waals surface area contributed by atoms with Gasteiger partial charge < -0.3 is 0 Å². The van der Waals surface area contributed by atoms with Crippen LogP contribution < -0.4 is 0 Å². The van der Waals surface area contributed by atoms with E-state index in [2.05, 4.69) is 20.8 Å². The third-order valence-electron chi connectivity index (χ3n) is 1.48. The predicted octanol–water partition coefficient (Wildman–Crippen LogP) is 6.65. The van der Waals surface area contributed by atoms with Gasteiger partial charge in [-0.15, -0.1) is 0 Å². The molecule has 1 unspecified atom stereocenters. The molecule has 0 heterocycles. The lowest BCUT2D eigenvalue weighted by molar-refractivity contribution is 0.509. The maximum absolute atomic E-state index is 2.31. The summed E-state index contributed by atoms with van der Waals surface area (Å²) in [6.45, 7) is 6.80. The monoisotopic (exact) mass is 196 g/mol. The molecule has 0 aromatic heterocycles. The molecule has 0 N–H and O–H groups in total. The molecule has 0 nitrogen and oxygen atoms in total. The number of hydrogen-bond acceptors (Lipinski definition) is 0. The third kappa shape index (κ3) is 48.0. The Bertz CT molecular complexity index is 31.0. The van der Waals surface area contributed by atoms with Gasteiger partial charge in [-0.2, -0.15) is 0 Å². The Hall–Kier alpha value is 0. The van der Waals surface area contributed by atoms with Gasteiger partial charge in [0.05, 0.1) is 0 Å². The first-order chi connectivity index (χ1) is 3.31. The van der Waals surface area contributed by atoms with Crippen LogP contribution in [-0.4, -0.2) is 0 Å². The van der Waals surface area contributed by atoms with Crippen LogP contribution in [0.3, 0.4) is 0 Å². The summed E-state index contributed by atoms with van der Waals surface area (Å²) in [6, 6.07) is 0. The van der Waals surface area contributed by atoms with Crippen molar-refractivity contribution < 1.29 is 0 Å². The summed E-state index contributed by atoms with van der Waals surface area (Å²) >= 11 is 0. The number of rotatable bonds is 3. The maximum Gasteiger partial charge on any atom is -0.0446 e. The van der Waals surface area contributed by atoms with Crippen molar-refractivity contribution in [2.75, 3.05) is 0 Å². The number of hydrogen-bond donors (Lipinski definition) is 0. The first-order valence-corrected chi connectivity index (χ1v) is 3.31. The zero-order valence-electron chi connectivity index (χ0n) is 5.70. The summed E-state index contributed by atoms with van der Waals surface area (Å²) in [6.07, 6.45) is 4.08. The minimum absolute atomic E-state index is 0. The Morgan fingerprint density at radius 1 is 0.769 bits per heavy atom. The molecule has 13 heavy (non-hydrogen) atoms. The van der Waals surface area contributed by atoms with Crippen molar-refractivity contribution in [1.29, 1.82) is 0 Å². The maximum atomic E-state index is 2.31. The summed E-state index contributed by atoms with van der Waals surface area (Å²) in [7, 11) is 0. The summed E-state index contributed by atoms with van der Waals surface area (Å²) in [4.78, 5) is 0. The highest BCUT2D eigenvalue weighted by Gasteiger charge is 1.92. The minimum Gasteiger partial charge on any atom is -0.0776 e. The van der Waals surface area contributed by atoms with E-state index < -0.39 is 0 Å². The van der Waals surface area contributed by atoms with Crippen LogP contribution in [0.5, 0.6) is 0 Å². The third-order valence-corrected chi connectivity index (χ3v) is 1.48. The van der Waals surface area contributed by atoms with E-state index in [4.69, 9.17) is 0 Å². The average molecular weight is 196 g/mol. The molecule has 0 aliphatic carbocycles. The molecule has 0 heteroatoms. The molecule has 0 bridgehead atoms. The van der Waals surface area contributed by atoms with Crippen molar-refractivity contribution in [2.24, 2.45) is 5.92 Å². The lowest BCUT2D eigenvalue weighted by atomic mass is 10.0. The van der Waals surface area contributed by atoms with Gasteiger partial charge in [0.15, 0.2) is 0 Å². The van der Waals surface area contributed by atoms with Gasteiger partial charge in [0.1, 0.15) is 0 Å². The van der Waals surface area contributed by atoms with E-state index >= 15 is 0 Å². The summed E-state index contributed by atoms with van der Waals surface area (Å²) in [5.41, 5.74) is 0. The van der Waals surface area contributed by atoms with Crippen molar-refractivity contribution in [3.63, 3.8) is 0 Å². The zero-order chi connectivity index (χ0) is 5.70. The second-order valence-electron chi connectivity index (χ2n) is 2.30. The van der Waals surface area contributed by atoms with E-state index in [1.165, 1.54) is 19.3 Å². The largest absolute Gasteiger partial charge is 0.0776 e. The van der Waals surface area contributed by atoms with Crippen LogP contribution in [0.4, 0.5) is 0 Å². The SMILES string of the molecule is C.C.C.C.C.C.CCCC(C)CC. The highest BCUT2D eigenvalue weighted by atomic mass is 14.0. The predicted molar refractivity (Wildman–Crippen MR) is 74.7 cm³/mol. The molecule has 0 aliphatic heterocycles. The first kappa shape index (κ1) is 52.0. The fourth-order valence-electron chi connectivity index (χ4n) is 0.697. The lowest BCUT2D eigenvalue weighted by Crippen LogP contribution is -1.88. The topological polar surface area (TPSA) is 0 Å². The van der Waals surface area contributed by atoms with Crippen molar-refractivity contribution in [1.82, 2.24) is 0 Å². The molecule has 0 rings (SSSR count). The Labute approximate surface area is 91.2 Å². The molecule has 0 saturated carbocycles. The second kappa shape index (κ2) is 40.3. The van der Waals surface area contributed by atoms with Crippen molar-refractivity contribution >= 4 is 0 Å². The fraction of sp³-hybridized carbons (Fsp3) is 1.00. The van der Waals surface area contributed by atoms with Gasteiger partial charge >= 0.3 is 0 Å². The van der Waals surface area contributed by atoms with Crippen LogP contribution in [0.2, 0.25) is 0 Å². The van der Waals surface area contributed by atoms with Gasteiger partial charge in [-0.3, -0.25) is 0 Å². The van der Waals surface area contributed by atoms with Gasteiger partial charge in [-0.25, -0.2) is 0 Å². The van der Waals surface area contributed by atoms with Gasteiger partial charge in [0, 0.05) is 0 Å². The molecule has 0 aromatic carbocycles. The Morgan fingerprint density at radius 3 is 1.15 bits per heavy atom. The van der Waals surface area contributed by atoms with E-state index in [1.807, 2.05) is 0 Å². The second-order valence-corrected chi connectivity index (χ2v) is 2.30. The van der Waals surface area contributed by atoms with E-state index in [0.717, 1.165) is 5.92 Å². The minimum atomic E-state index is 0. The van der Waals surface area contributed by atoms with Crippen molar-refractivity contribution in [2.45, 2.75) is 84.6 Å². The zero-order valence-corrected chi connectivity index (χ0v) is 5.70. The van der Waals surface area contributed by atoms with Gasteiger partial charge in [0.2, 0.25) is 0 Å². The van der Waals surface area contributed by atoms with Gasteiger partial charge in [-0.1, -0.05) is 84.6 Å². The van der Waals surface area contributed by atoms with Crippen LogP contribution in [-0.2, 0) is 0 Å². The highest BCUT2D eigenvalue weighted by molar-refractivity contribution is 4.45. The smallest absolute Gasteiger partial charge is 0.0446 e. The molecule has 0 radical (unpaired) electrons. The molecule has 0 aromatic rings. The van der Waals surface area contributed by atoms with Gasteiger partial charge in [0.25, 0.3) is 0 Å². The lowest BCUT2D eigenvalue weighted by Gasteiger charge is -2.02. The normalized spacial score (nSPS) is 7.62. The Balaban J connectivity index is -0.0000000120. The van der Waals surface area contributed by atoms with E-state index in [-0.39, 0.29) is 44.6 Å². The van der Waals surface area contributed by atoms with Crippen molar-refractivity contribution in [3.8, 4) is 0 Å². The van der Waals surface area contributed by atoms with Crippen LogP contribution >= 0.6 is 0 Å². The average Bonchev–Trinajstić information content (AvgIpc) is 1.68. The Kier molecular flexibility index (Phi) is 161. The molecule has 0 fully saturated rings. The molecule has 92 valence electrons. The molecule has 0 spiro atoms. The highest BCUT2D eigenvalue weighted by Crippen LogP contribution is 2.07. The summed E-state index contributed by atoms with van der Waals surface area (Å²) in [5, 5.41) is 0. The standard InChI is InChI=1S/C7H16.6CH4/c1-4-6-7(3)5-2;;;;;;/h7H,4-6H2,1-3H3;6*1H4. The first-order valence-electron chi connectivity index (χ1n) is 3.31. The fourth-order valence-corrected chi connectivity index (χ4v) is 0.697. The molecule has 1 atom stereocenters. The Morgan fingerprint density at radius 2 is 1.08 bits per heavy atom. The van der Waals surface area contributed by atoms with E-state index in [9.17, 15) is 0 Å². The molecule has 0 aliphatic rings. The van der Waals surface area contributed by atoms with Gasteiger partial charge in [-0.05, 0) is 5.92 Å².